The highest BCUT2D eigenvalue weighted by molar-refractivity contribution is 8.10. The van der Waals surface area contributed by atoms with Crippen LogP contribution < -0.4 is 17.2 Å². The Bertz CT molecular complexity index is 1710. The first kappa shape index (κ1) is 33.6. The lowest BCUT2D eigenvalue weighted by molar-refractivity contribution is 0.456. The quantitative estimate of drug-likeness (QED) is 0.197. The van der Waals surface area contributed by atoms with E-state index in [1.807, 2.05) is 0 Å². The van der Waals surface area contributed by atoms with Crippen LogP contribution in [0.2, 0.25) is 0 Å². The number of aromatic hydroxyl groups is 1. The number of benzene rings is 1. The van der Waals surface area contributed by atoms with Gasteiger partial charge in [-0.1, -0.05) is 6.07 Å². The molecule has 0 spiro atoms. The molecule has 0 radical (unpaired) electrons. The SMILES string of the molecule is CS(=O)(=O)C(N)(c1ccc(O)c(C(N)(S(C)(=O)=O)S(C)(=O)=O)c1C(N)(S(C)(=O)=O)S(C)(=O)=O)S(C)(=O)=O. The molecule has 16 nitrogen and oxygen atoms in total. The highest BCUT2D eigenvalue weighted by atomic mass is 32.3. The van der Waals surface area contributed by atoms with Gasteiger partial charge in [-0.05, 0) is 6.07 Å². The van der Waals surface area contributed by atoms with E-state index >= 15 is 0 Å². The van der Waals surface area contributed by atoms with Crippen LogP contribution in [0, 0.1) is 0 Å². The number of phenols is 1. The topological polar surface area (TPSA) is 303 Å². The lowest BCUT2D eigenvalue weighted by atomic mass is 9.98. The second-order valence-corrected chi connectivity index (χ2v) is 22.4. The number of nitrogens with two attached hydrogens (primary N) is 3. The van der Waals surface area contributed by atoms with Crippen molar-refractivity contribution in [3.63, 3.8) is 0 Å². The van der Waals surface area contributed by atoms with Crippen molar-refractivity contribution in [1.29, 1.82) is 0 Å². The minimum atomic E-state index is -5.35. The van der Waals surface area contributed by atoms with E-state index in [9.17, 15) is 55.6 Å². The Balaban J connectivity index is 5.23. The maximum absolute atomic E-state index is 12.9. The Morgan fingerprint density at radius 2 is 0.730 bits per heavy atom. The fourth-order valence-corrected chi connectivity index (χ4v) is 13.6. The molecule has 1 aromatic carbocycles. The monoisotopic (exact) mass is 649 g/mol. The Morgan fingerprint density at radius 1 is 0.486 bits per heavy atom. The Hall–Kier alpha value is -1.40. The third-order valence-corrected chi connectivity index (χ3v) is 18.9. The van der Waals surface area contributed by atoms with Gasteiger partial charge in [0.1, 0.15) is 5.75 Å². The van der Waals surface area contributed by atoms with E-state index in [0.717, 1.165) is 0 Å². The highest BCUT2D eigenvalue weighted by Crippen LogP contribution is 2.49. The summed E-state index contributed by atoms with van der Waals surface area (Å²) in [5.74, 6) is -1.50. The second-order valence-electron chi connectivity index (χ2n) is 8.52. The number of hydrogen-bond donors (Lipinski definition) is 4. The smallest absolute Gasteiger partial charge is 0.249 e. The number of hydrogen-bond acceptors (Lipinski definition) is 16. The first-order valence-electron chi connectivity index (χ1n) is 9.17. The molecule has 7 N–H and O–H groups in total. The van der Waals surface area contributed by atoms with E-state index in [2.05, 4.69) is 0 Å². The van der Waals surface area contributed by atoms with Gasteiger partial charge < -0.3 is 5.11 Å². The fourth-order valence-electron chi connectivity index (χ4n) is 3.56. The van der Waals surface area contributed by atoms with Gasteiger partial charge in [0.25, 0.3) is 0 Å². The Morgan fingerprint density at radius 3 is 0.973 bits per heavy atom. The molecule has 22 heteroatoms. The summed E-state index contributed by atoms with van der Waals surface area (Å²) in [6.07, 6.45) is 1.31. The molecule has 37 heavy (non-hydrogen) atoms. The molecule has 0 heterocycles. The zero-order chi connectivity index (χ0) is 30.2. The lowest BCUT2D eigenvalue weighted by Gasteiger charge is -2.38. The van der Waals surface area contributed by atoms with E-state index in [1.165, 1.54) is 0 Å². The average molecular weight is 650 g/mol. The molecule has 0 aromatic heterocycles. The van der Waals surface area contributed by atoms with Crippen LogP contribution in [0.3, 0.4) is 0 Å². The second kappa shape index (κ2) is 8.81. The van der Waals surface area contributed by atoms with Gasteiger partial charge in [-0.3, -0.25) is 17.2 Å². The maximum Gasteiger partial charge on any atom is 0.249 e. The summed E-state index contributed by atoms with van der Waals surface area (Å²) in [4.78, 5) is 0. The van der Waals surface area contributed by atoms with Gasteiger partial charge in [-0.2, -0.15) is 0 Å². The summed E-state index contributed by atoms with van der Waals surface area (Å²) in [5.41, 5.74) is 12.4. The minimum Gasteiger partial charge on any atom is -0.508 e. The van der Waals surface area contributed by atoms with Crippen LogP contribution in [0.5, 0.6) is 5.75 Å². The van der Waals surface area contributed by atoms with Crippen molar-refractivity contribution in [2.75, 3.05) is 37.5 Å². The van der Waals surface area contributed by atoms with Crippen molar-refractivity contribution >= 4 is 59.0 Å². The molecule has 0 atom stereocenters. The first-order chi connectivity index (χ1) is 15.8. The zero-order valence-corrected chi connectivity index (χ0v) is 25.1. The van der Waals surface area contributed by atoms with Gasteiger partial charge in [0.05, 0.1) is 5.56 Å². The molecule has 0 amide bonds. The number of sulfone groups is 6. The van der Waals surface area contributed by atoms with Crippen molar-refractivity contribution in [2.45, 2.75) is 12.6 Å². The van der Waals surface area contributed by atoms with Crippen LogP contribution in [-0.2, 0) is 71.6 Å². The van der Waals surface area contributed by atoms with Gasteiger partial charge in [0.15, 0.2) is 59.0 Å². The normalized spacial score (nSPS) is 15.5. The third-order valence-electron chi connectivity index (χ3n) is 5.56. The van der Waals surface area contributed by atoms with E-state index in [-0.39, 0.29) is 37.5 Å². The zero-order valence-electron chi connectivity index (χ0n) is 20.2. The Labute approximate surface area is 215 Å². The van der Waals surface area contributed by atoms with Crippen LogP contribution in [0.4, 0.5) is 0 Å². The molecule has 0 saturated heterocycles. The number of rotatable bonds is 9. The lowest BCUT2D eigenvalue weighted by Crippen LogP contribution is -2.59. The molecule has 0 saturated carbocycles. The predicted octanol–water partition coefficient (Wildman–Crippen LogP) is -4.13. The summed E-state index contributed by atoms with van der Waals surface area (Å²) < 4.78 is 142. The molecule has 0 aliphatic carbocycles. The largest absolute Gasteiger partial charge is 0.508 e. The van der Waals surface area contributed by atoms with Gasteiger partial charge in [0, 0.05) is 48.7 Å². The summed E-state index contributed by atoms with van der Waals surface area (Å²) >= 11 is 0. The molecule has 216 valence electrons. The minimum absolute atomic E-state index is 0.184. The Kier molecular flexibility index (Phi) is 8.00. The molecular weight excluding hydrogens is 623 g/mol. The van der Waals surface area contributed by atoms with Crippen LogP contribution in [0.1, 0.15) is 16.7 Å². The average Bonchev–Trinajstić information content (AvgIpc) is 2.60. The van der Waals surface area contributed by atoms with E-state index in [4.69, 9.17) is 17.2 Å². The van der Waals surface area contributed by atoms with Gasteiger partial charge in [0.2, 0.25) is 12.6 Å². The molecule has 1 rings (SSSR count). The maximum atomic E-state index is 12.9. The third kappa shape index (κ3) is 4.79. The predicted molar refractivity (Wildman–Crippen MR) is 135 cm³/mol. The molecule has 0 aliphatic rings. The van der Waals surface area contributed by atoms with Crippen molar-refractivity contribution < 1.29 is 55.6 Å². The van der Waals surface area contributed by atoms with E-state index < -0.39 is 94.1 Å². The van der Waals surface area contributed by atoms with E-state index in [0.29, 0.717) is 12.1 Å². The summed E-state index contributed by atoms with van der Waals surface area (Å²) in [6.45, 7) is 0. The van der Waals surface area contributed by atoms with Crippen molar-refractivity contribution in [1.82, 2.24) is 0 Å². The molecule has 0 aliphatic heterocycles. The van der Waals surface area contributed by atoms with Crippen molar-refractivity contribution in [2.24, 2.45) is 17.2 Å². The van der Waals surface area contributed by atoms with Gasteiger partial charge >= 0.3 is 0 Å². The van der Waals surface area contributed by atoms with Crippen molar-refractivity contribution in [3.05, 3.63) is 28.8 Å². The fraction of sp³-hybridized carbons (Fsp3) is 0.600. The summed E-state index contributed by atoms with van der Waals surface area (Å²) in [7, 11) is -31.6. The molecule has 0 unspecified atom stereocenters. The molecular formula is C15H27N3O13S6. The molecule has 1 aromatic rings. The van der Waals surface area contributed by atoms with Crippen LogP contribution in [0.15, 0.2) is 12.1 Å². The first-order valence-corrected chi connectivity index (χ1v) is 20.5. The van der Waals surface area contributed by atoms with Gasteiger partial charge in [-0.25, -0.2) is 50.5 Å². The van der Waals surface area contributed by atoms with Crippen LogP contribution in [-0.4, -0.2) is 93.1 Å². The van der Waals surface area contributed by atoms with Gasteiger partial charge in [-0.15, -0.1) is 0 Å². The standard InChI is InChI=1S/C15H27N3O13S6/c1-32(20,21)13(16,33(2,22)23)9-7-8-10(19)12(15(18,36(5,28)29)37(6,30)31)11(9)14(17,34(3,24)25)35(4,26)27/h7-8,19H,16-18H2,1-6H3. The van der Waals surface area contributed by atoms with Crippen molar-refractivity contribution in [3.8, 4) is 5.75 Å². The molecule has 0 bridgehead atoms. The van der Waals surface area contributed by atoms with E-state index in [1.54, 1.807) is 0 Å². The van der Waals surface area contributed by atoms with Crippen LogP contribution in [0.25, 0.3) is 0 Å². The van der Waals surface area contributed by atoms with Crippen LogP contribution >= 0.6 is 0 Å². The highest BCUT2D eigenvalue weighted by Gasteiger charge is 2.62. The summed E-state index contributed by atoms with van der Waals surface area (Å²) in [5, 5.41) is 10.7. The molecule has 0 fully saturated rings. The summed E-state index contributed by atoms with van der Waals surface area (Å²) in [6, 6.07) is 0.703. The number of phenolic OH excluding ortho intramolecular Hbond substituents is 1.